The van der Waals surface area contributed by atoms with Crippen molar-refractivity contribution in [2.75, 3.05) is 20.3 Å². The average molecular weight is 237 g/mol. The fourth-order valence-electron chi connectivity index (χ4n) is 2.26. The van der Waals surface area contributed by atoms with E-state index in [9.17, 15) is 5.11 Å². The summed E-state index contributed by atoms with van der Waals surface area (Å²) in [7, 11) is 1.53. The van der Waals surface area contributed by atoms with E-state index in [0.29, 0.717) is 11.7 Å². The van der Waals surface area contributed by atoms with Crippen molar-refractivity contribution in [2.45, 2.75) is 18.9 Å². The normalized spacial score (nSPS) is 18.9. The summed E-state index contributed by atoms with van der Waals surface area (Å²) in [5.74, 6) is 1.05. The van der Waals surface area contributed by atoms with E-state index in [1.165, 1.54) is 7.11 Å². The van der Waals surface area contributed by atoms with Crippen molar-refractivity contribution >= 4 is 0 Å². The first kappa shape index (κ1) is 12.2. The van der Waals surface area contributed by atoms with Gasteiger partial charge < -0.3 is 20.3 Å². The van der Waals surface area contributed by atoms with E-state index in [1.54, 1.807) is 12.1 Å². The van der Waals surface area contributed by atoms with Gasteiger partial charge in [0.2, 0.25) is 0 Å². The van der Waals surface area contributed by atoms with E-state index in [4.69, 9.17) is 15.2 Å². The third-order valence-electron chi connectivity index (χ3n) is 3.36. The molecular weight excluding hydrogens is 218 g/mol. The van der Waals surface area contributed by atoms with Gasteiger partial charge >= 0.3 is 0 Å². The Hall–Kier alpha value is -1.26. The second-order valence-corrected chi connectivity index (χ2v) is 4.41. The Morgan fingerprint density at radius 3 is 2.71 bits per heavy atom. The molecular formula is C13H19NO3. The number of hydrogen-bond donors (Lipinski definition) is 2. The molecule has 4 heteroatoms. The van der Waals surface area contributed by atoms with Crippen molar-refractivity contribution < 1.29 is 14.6 Å². The van der Waals surface area contributed by atoms with E-state index in [0.717, 1.165) is 31.6 Å². The molecule has 0 bridgehead atoms. The van der Waals surface area contributed by atoms with Crippen LogP contribution >= 0.6 is 0 Å². The van der Waals surface area contributed by atoms with Crippen LogP contribution in [0, 0.1) is 5.92 Å². The summed E-state index contributed by atoms with van der Waals surface area (Å²) >= 11 is 0. The molecule has 0 spiro atoms. The molecule has 1 atom stereocenters. The lowest BCUT2D eigenvalue weighted by atomic mass is 9.88. The topological polar surface area (TPSA) is 64.7 Å². The lowest BCUT2D eigenvalue weighted by Crippen LogP contribution is -2.27. The standard InChI is InChI=1S/C13H19NO3/c1-16-12-3-2-10(8-11(12)15)13(14)9-4-6-17-7-5-9/h2-3,8-9,13,15H,4-7,14H2,1H3/t13-/m0/s1. The van der Waals surface area contributed by atoms with Gasteiger partial charge in [-0.15, -0.1) is 0 Å². The number of phenolic OH excluding ortho intramolecular Hbond substituents is 1. The van der Waals surface area contributed by atoms with Crippen LogP contribution < -0.4 is 10.5 Å². The molecule has 1 heterocycles. The smallest absolute Gasteiger partial charge is 0.160 e. The summed E-state index contributed by atoms with van der Waals surface area (Å²) in [6, 6.07) is 5.32. The number of aromatic hydroxyl groups is 1. The maximum atomic E-state index is 9.73. The molecule has 1 fully saturated rings. The van der Waals surface area contributed by atoms with Crippen LogP contribution in [0.1, 0.15) is 24.4 Å². The Kier molecular flexibility index (Phi) is 3.86. The monoisotopic (exact) mass is 237 g/mol. The summed E-state index contributed by atoms with van der Waals surface area (Å²) in [6.45, 7) is 1.56. The molecule has 0 radical (unpaired) electrons. The van der Waals surface area contributed by atoms with Crippen LogP contribution in [0.25, 0.3) is 0 Å². The highest BCUT2D eigenvalue weighted by molar-refractivity contribution is 5.42. The second kappa shape index (κ2) is 5.38. The zero-order valence-corrected chi connectivity index (χ0v) is 10.1. The summed E-state index contributed by atoms with van der Waals surface area (Å²) in [6.07, 6.45) is 1.96. The van der Waals surface area contributed by atoms with Gasteiger partial charge in [-0.3, -0.25) is 0 Å². The molecule has 0 saturated carbocycles. The zero-order chi connectivity index (χ0) is 12.3. The molecule has 2 rings (SSSR count). The van der Waals surface area contributed by atoms with Crippen molar-refractivity contribution in [3.63, 3.8) is 0 Å². The molecule has 0 unspecified atom stereocenters. The molecule has 1 aliphatic rings. The minimum absolute atomic E-state index is 0.0456. The van der Waals surface area contributed by atoms with Gasteiger partial charge in [-0.1, -0.05) is 6.07 Å². The number of nitrogens with two attached hydrogens (primary N) is 1. The van der Waals surface area contributed by atoms with Crippen molar-refractivity contribution in [2.24, 2.45) is 11.7 Å². The molecule has 0 aromatic heterocycles. The first-order valence-corrected chi connectivity index (χ1v) is 5.92. The van der Waals surface area contributed by atoms with Crippen molar-refractivity contribution in [1.82, 2.24) is 0 Å². The summed E-state index contributed by atoms with van der Waals surface area (Å²) in [5.41, 5.74) is 7.18. The van der Waals surface area contributed by atoms with E-state index in [-0.39, 0.29) is 11.8 Å². The molecule has 4 nitrogen and oxygen atoms in total. The molecule has 1 aliphatic heterocycles. The SMILES string of the molecule is COc1ccc([C@@H](N)C2CCOCC2)cc1O. The molecule has 3 N–H and O–H groups in total. The van der Waals surface area contributed by atoms with Crippen LogP contribution in [0.2, 0.25) is 0 Å². The summed E-state index contributed by atoms with van der Waals surface area (Å²) in [4.78, 5) is 0. The molecule has 0 aliphatic carbocycles. The minimum atomic E-state index is -0.0456. The first-order chi connectivity index (χ1) is 8.22. The minimum Gasteiger partial charge on any atom is -0.504 e. The van der Waals surface area contributed by atoms with Crippen LogP contribution in [0.15, 0.2) is 18.2 Å². The van der Waals surface area contributed by atoms with Crippen LogP contribution in [0.5, 0.6) is 11.5 Å². The van der Waals surface area contributed by atoms with Gasteiger partial charge in [0.1, 0.15) is 0 Å². The zero-order valence-electron chi connectivity index (χ0n) is 10.1. The van der Waals surface area contributed by atoms with Crippen LogP contribution in [0.4, 0.5) is 0 Å². The van der Waals surface area contributed by atoms with Gasteiger partial charge in [0.25, 0.3) is 0 Å². The number of benzene rings is 1. The van der Waals surface area contributed by atoms with Crippen molar-refractivity contribution in [3.8, 4) is 11.5 Å². The first-order valence-electron chi connectivity index (χ1n) is 5.92. The molecule has 1 aromatic rings. The third-order valence-corrected chi connectivity index (χ3v) is 3.36. The van der Waals surface area contributed by atoms with Gasteiger partial charge in [-0.05, 0) is 36.5 Å². The van der Waals surface area contributed by atoms with E-state index >= 15 is 0 Å². The number of ether oxygens (including phenoxy) is 2. The van der Waals surface area contributed by atoms with Crippen LogP contribution in [-0.4, -0.2) is 25.4 Å². The van der Waals surface area contributed by atoms with Gasteiger partial charge in [0.05, 0.1) is 7.11 Å². The van der Waals surface area contributed by atoms with E-state index < -0.39 is 0 Å². The second-order valence-electron chi connectivity index (χ2n) is 4.41. The number of rotatable bonds is 3. The molecule has 1 saturated heterocycles. The molecule has 0 amide bonds. The van der Waals surface area contributed by atoms with E-state index in [2.05, 4.69) is 0 Å². The predicted octanol–water partition coefficient (Wildman–Crippen LogP) is 1.83. The van der Waals surface area contributed by atoms with E-state index in [1.807, 2.05) is 6.07 Å². The Balaban J connectivity index is 2.12. The van der Waals surface area contributed by atoms with Gasteiger partial charge in [-0.2, -0.15) is 0 Å². The van der Waals surface area contributed by atoms with Crippen LogP contribution in [0.3, 0.4) is 0 Å². The summed E-state index contributed by atoms with van der Waals surface area (Å²) in [5, 5.41) is 9.73. The van der Waals surface area contributed by atoms with Crippen molar-refractivity contribution in [1.29, 1.82) is 0 Å². The van der Waals surface area contributed by atoms with Gasteiger partial charge in [0, 0.05) is 19.3 Å². The number of methoxy groups -OCH3 is 1. The number of phenols is 1. The number of hydrogen-bond acceptors (Lipinski definition) is 4. The fourth-order valence-corrected chi connectivity index (χ4v) is 2.26. The summed E-state index contributed by atoms with van der Waals surface area (Å²) < 4.78 is 10.3. The largest absolute Gasteiger partial charge is 0.504 e. The third kappa shape index (κ3) is 2.70. The lowest BCUT2D eigenvalue weighted by Gasteiger charge is -2.28. The van der Waals surface area contributed by atoms with Gasteiger partial charge in [0.15, 0.2) is 11.5 Å². The Morgan fingerprint density at radius 2 is 2.12 bits per heavy atom. The fraction of sp³-hybridized carbons (Fsp3) is 0.538. The average Bonchev–Trinajstić information content (AvgIpc) is 2.39. The molecule has 17 heavy (non-hydrogen) atoms. The quantitative estimate of drug-likeness (QED) is 0.841. The Morgan fingerprint density at radius 1 is 1.41 bits per heavy atom. The highest BCUT2D eigenvalue weighted by Gasteiger charge is 2.22. The maximum absolute atomic E-state index is 9.73. The van der Waals surface area contributed by atoms with Crippen molar-refractivity contribution in [3.05, 3.63) is 23.8 Å². The lowest BCUT2D eigenvalue weighted by molar-refractivity contribution is 0.0583. The highest BCUT2D eigenvalue weighted by Crippen LogP contribution is 2.33. The highest BCUT2D eigenvalue weighted by atomic mass is 16.5. The molecule has 1 aromatic carbocycles. The Labute approximate surface area is 101 Å². The van der Waals surface area contributed by atoms with Gasteiger partial charge in [-0.25, -0.2) is 0 Å². The predicted molar refractivity (Wildman–Crippen MR) is 65.1 cm³/mol. The van der Waals surface area contributed by atoms with Crippen LogP contribution in [-0.2, 0) is 4.74 Å². The molecule has 94 valence electrons. The maximum Gasteiger partial charge on any atom is 0.160 e. The Bertz CT molecular complexity index is 375.